The predicted octanol–water partition coefficient (Wildman–Crippen LogP) is 2.41. The molecule has 3 heteroatoms. The highest BCUT2D eigenvalue weighted by atomic mass is 35.5. The lowest BCUT2D eigenvalue weighted by atomic mass is 9.95. The lowest BCUT2D eigenvalue weighted by Crippen LogP contribution is -2.12. The Morgan fingerprint density at radius 3 is 2.86 bits per heavy atom. The van der Waals surface area contributed by atoms with E-state index < -0.39 is 6.10 Å². The van der Waals surface area contributed by atoms with Crippen LogP contribution in [0.2, 0.25) is 5.02 Å². The van der Waals surface area contributed by atoms with Crippen molar-refractivity contribution in [3.05, 3.63) is 34.9 Å². The van der Waals surface area contributed by atoms with Crippen molar-refractivity contribution in [2.75, 3.05) is 13.2 Å². The summed E-state index contributed by atoms with van der Waals surface area (Å²) in [6.07, 6.45) is 0.415. The van der Waals surface area contributed by atoms with Gasteiger partial charge in [0.25, 0.3) is 0 Å². The Morgan fingerprint density at radius 2 is 2.21 bits per heavy atom. The quantitative estimate of drug-likeness (QED) is 0.816. The van der Waals surface area contributed by atoms with Crippen molar-refractivity contribution in [2.45, 2.75) is 12.5 Å². The van der Waals surface area contributed by atoms with E-state index in [9.17, 15) is 5.11 Å². The standard InChI is InChI=1S/C11H13ClO2/c12-10-4-2-1-3-9(10)11(13)8-5-6-14-7-8/h1-4,8,11,13H,5-7H2/t8-,11-/m1/s1. The van der Waals surface area contributed by atoms with Crippen LogP contribution in [0.1, 0.15) is 18.1 Å². The zero-order valence-electron chi connectivity index (χ0n) is 7.82. The lowest BCUT2D eigenvalue weighted by Gasteiger charge is -2.17. The van der Waals surface area contributed by atoms with Gasteiger partial charge in [0.05, 0.1) is 12.7 Å². The Hall–Kier alpha value is -0.570. The SMILES string of the molecule is O[C@@H](c1ccccc1Cl)[C@@H]1CCOC1. The smallest absolute Gasteiger partial charge is 0.0855 e. The average molecular weight is 213 g/mol. The van der Waals surface area contributed by atoms with Gasteiger partial charge in [0.15, 0.2) is 0 Å². The zero-order chi connectivity index (χ0) is 9.97. The summed E-state index contributed by atoms with van der Waals surface area (Å²) >= 11 is 6.00. The molecule has 0 bridgehead atoms. The van der Waals surface area contributed by atoms with Gasteiger partial charge in [0.1, 0.15) is 0 Å². The second-order valence-electron chi connectivity index (χ2n) is 3.59. The largest absolute Gasteiger partial charge is 0.388 e. The Kier molecular flexibility index (Phi) is 3.06. The second kappa shape index (κ2) is 4.30. The van der Waals surface area contributed by atoms with Crippen LogP contribution in [0.4, 0.5) is 0 Å². The molecule has 0 spiro atoms. The van der Waals surface area contributed by atoms with E-state index in [1.807, 2.05) is 18.2 Å². The van der Waals surface area contributed by atoms with Gasteiger partial charge in [-0.3, -0.25) is 0 Å². The van der Waals surface area contributed by atoms with Crippen LogP contribution in [-0.2, 0) is 4.74 Å². The molecule has 1 aromatic carbocycles. The Balaban J connectivity index is 2.17. The molecule has 1 aromatic rings. The van der Waals surface area contributed by atoms with E-state index in [-0.39, 0.29) is 5.92 Å². The van der Waals surface area contributed by atoms with Crippen LogP contribution in [0.5, 0.6) is 0 Å². The molecule has 2 nitrogen and oxygen atoms in total. The van der Waals surface area contributed by atoms with Crippen LogP contribution >= 0.6 is 11.6 Å². The first-order valence-electron chi connectivity index (χ1n) is 4.79. The molecule has 14 heavy (non-hydrogen) atoms. The first kappa shape index (κ1) is 9.97. The Morgan fingerprint density at radius 1 is 1.43 bits per heavy atom. The molecule has 0 aliphatic carbocycles. The van der Waals surface area contributed by atoms with Crippen molar-refractivity contribution in [2.24, 2.45) is 5.92 Å². The summed E-state index contributed by atoms with van der Waals surface area (Å²) in [6, 6.07) is 7.42. The minimum atomic E-state index is -0.494. The van der Waals surface area contributed by atoms with Crippen molar-refractivity contribution >= 4 is 11.6 Å². The molecule has 1 heterocycles. The molecule has 0 amide bonds. The average Bonchev–Trinajstić information content (AvgIpc) is 2.70. The van der Waals surface area contributed by atoms with Crippen molar-refractivity contribution in [1.29, 1.82) is 0 Å². The molecule has 1 aliphatic rings. The minimum absolute atomic E-state index is 0.190. The maximum absolute atomic E-state index is 10.0. The number of rotatable bonds is 2. The first-order valence-corrected chi connectivity index (χ1v) is 5.17. The van der Waals surface area contributed by atoms with Gasteiger partial charge in [-0.1, -0.05) is 29.8 Å². The topological polar surface area (TPSA) is 29.5 Å². The minimum Gasteiger partial charge on any atom is -0.388 e. The van der Waals surface area contributed by atoms with Gasteiger partial charge in [0, 0.05) is 17.5 Å². The van der Waals surface area contributed by atoms with Gasteiger partial charge in [0.2, 0.25) is 0 Å². The molecular formula is C11H13ClO2. The van der Waals surface area contributed by atoms with E-state index >= 15 is 0 Å². The summed E-state index contributed by atoms with van der Waals surface area (Å²) in [5.41, 5.74) is 0.810. The van der Waals surface area contributed by atoms with Gasteiger partial charge in [-0.25, -0.2) is 0 Å². The van der Waals surface area contributed by atoms with Gasteiger partial charge in [-0.15, -0.1) is 0 Å². The normalized spacial score (nSPS) is 23.7. The van der Waals surface area contributed by atoms with Crippen LogP contribution < -0.4 is 0 Å². The molecule has 0 aromatic heterocycles. The van der Waals surface area contributed by atoms with Crippen LogP contribution in [0.15, 0.2) is 24.3 Å². The molecule has 1 fully saturated rings. The second-order valence-corrected chi connectivity index (χ2v) is 4.00. The van der Waals surface area contributed by atoms with Crippen molar-refractivity contribution in [3.8, 4) is 0 Å². The van der Waals surface area contributed by atoms with Gasteiger partial charge < -0.3 is 9.84 Å². The van der Waals surface area contributed by atoms with Crippen LogP contribution in [0.3, 0.4) is 0 Å². The fourth-order valence-corrected chi connectivity index (χ4v) is 2.02. The van der Waals surface area contributed by atoms with E-state index in [1.54, 1.807) is 6.07 Å². The van der Waals surface area contributed by atoms with Crippen LogP contribution in [-0.4, -0.2) is 18.3 Å². The summed E-state index contributed by atoms with van der Waals surface area (Å²) in [6.45, 7) is 1.37. The number of ether oxygens (including phenoxy) is 1. The summed E-state index contributed by atoms with van der Waals surface area (Å²) in [4.78, 5) is 0. The molecule has 0 saturated carbocycles. The molecule has 76 valence electrons. The highest BCUT2D eigenvalue weighted by Crippen LogP contribution is 2.32. The molecular weight excluding hydrogens is 200 g/mol. The number of aliphatic hydroxyl groups excluding tert-OH is 1. The summed E-state index contributed by atoms with van der Waals surface area (Å²) in [5.74, 6) is 0.190. The first-order chi connectivity index (χ1) is 6.79. The number of hydrogen-bond acceptors (Lipinski definition) is 2. The van der Waals surface area contributed by atoms with Crippen molar-refractivity contribution < 1.29 is 9.84 Å². The number of hydrogen-bond donors (Lipinski definition) is 1. The summed E-state index contributed by atoms with van der Waals surface area (Å²) in [5, 5.41) is 10.7. The maximum Gasteiger partial charge on any atom is 0.0855 e. The highest BCUT2D eigenvalue weighted by Gasteiger charge is 2.26. The predicted molar refractivity (Wildman–Crippen MR) is 55.3 cm³/mol. The number of benzene rings is 1. The van der Waals surface area contributed by atoms with E-state index in [0.717, 1.165) is 18.6 Å². The lowest BCUT2D eigenvalue weighted by molar-refractivity contribution is 0.0919. The number of halogens is 1. The molecule has 1 aliphatic heterocycles. The molecule has 0 radical (unpaired) electrons. The summed E-state index contributed by atoms with van der Waals surface area (Å²) < 4.78 is 5.24. The zero-order valence-corrected chi connectivity index (χ0v) is 8.57. The van der Waals surface area contributed by atoms with Gasteiger partial charge in [-0.2, -0.15) is 0 Å². The van der Waals surface area contributed by atoms with Crippen molar-refractivity contribution in [1.82, 2.24) is 0 Å². The summed E-state index contributed by atoms with van der Waals surface area (Å²) in [7, 11) is 0. The monoisotopic (exact) mass is 212 g/mol. The van der Waals surface area contributed by atoms with E-state index in [1.165, 1.54) is 0 Å². The number of aliphatic hydroxyl groups is 1. The molecule has 2 rings (SSSR count). The van der Waals surface area contributed by atoms with Crippen LogP contribution in [0.25, 0.3) is 0 Å². The van der Waals surface area contributed by atoms with Gasteiger partial charge in [-0.05, 0) is 18.1 Å². The Bertz CT molecular complexity index is 308. The Labute approximate surface area is 88.5 Å². The molecule has 1 saturated heterocycles. The molecule has 2 atom stereocenters. The fraction of sp³-hybridized carbons (Fsp3) is 0.455. The highest BCUT2D eigenvalue weighted by molar-refractivity contribution is 6.31. The molecule has 1 N–H and O–H groups in total. The van der Waals surface area contributed by atoms with E-state index in [0.29, 0.717) is 11.6 Å². The van der Waals surface area contributed by atoms with Crippen LogP contribution in [0, 0.1) is 5.92 Å². The molecule has 0 unspecified atom stereocenters. The third-order valence-corrected chi connectivity index (χ3v) is 2.98. The van der Waals surface area contributed by atoms with E-state index in [2.05, 4.69) is 0 Å². The maximum atomic E-state index is 10.0. The third kappa shape index (κ3) is 1.92. The van der Waals surface area contributed by atoms with Crippen molar-refractivity contribution in [3.63, 3.8) is 0 Å². The van der Waals surface area contributed by atoms with E-state index in [4.69, 9.17) is 16.3 Å². The third-order valence-electron chi connectivity index (χ3n) is 2.64. The fourth-order valence-electron chi connectivity index (χ4n) is 1.77. The van der Waals surface area contributed by atoms with Gasteiger partial charge >= 0.3 is 0 Å².